The molecule has 0 radical (unpaired) electrons. The molecule has 3 rings (SSSR count). The summed E-state index contributed by atoms with van der Waals surface area (Å²) in [5.41, 5.74) is 0. The van der Waals surface area contributed by atoms with Crippen LogP contribution in [-0.2, 0) is 18.9 Å². The van der Waals surface area contributed by atoms with Gasteiger partial charge in [-0.15, -0.1) is 5.92 Å². The molecule has 0 bridgehead atoms. The van der Waals surface area contributed by atoms with Gasteiger partial charge in [-0.2, -0.15) is 0 Å². The highest BCUT2D eigenvalue weighted by Crippen LogP contribution is 2.36. The number of allylic oxidation sites excluding steroid dienone is 2. The topological polar surface area (TPSA) is 97.6 Å². The van der Waals surface area contributed by atoms with Gasteiger partial charge in [0, 0.05) is 26.1 Å². The lowest BCUT2D eigenvalue weighted by molar-refractivity contribution is -0.441. The third-order valence-corrected chi connectivity index (χ3v) is 8.93. The number of hydrogen-bond donors (Lipinski definition) is 3. The number of hydrogen-bond acceptors (Lipinski definition) is 7. The largest absolute Gasteiger partial charge is 0.393 e. The van der Waals surface area contributed by atoms with Crippen LogP contribution in [-0.4, -0.2) is 59.3 Å². The van der Waals surface area contributed by atoms with Gasteiger partial charge in [-0.05, 0) is 82.5 Å². The van der Waals surface area contributed by atoms with Crippen molar-refractivity contribution in [1.29, 1.82) is 0 Å². The Morgan fingerprint density at radius 3 is 2.07 bits per heavy atom. The summed E-state index contributed by atoms with van der Waals surface area (Å²) < 4.78 is 23.1. The highest BCUT2D eigenvalue weighted by atomic mass is 16.9. The van der Waals surface area contributed by atoms with E-state index in [4.69, 9.17) is 18.9 Å². The van der Waals surface area contributed by atoms with Crippen LogP contribution in [0.5, 0.6) is 0 Å². The lowest BCUT2D eigenvalue weighted by Crippen LogP contribution is -2.45. The molecule has 0 aromatic heterocycles. The van der Waals surface area contributed by atoms with Crippen LogP contribution in [0.4, 0.5) is 0 Å². The zero-order chi connectivity index (χ0) is 29.9. The van der Waals surface area contributed by atoms with E-state index in [1.54, 1.807) is 0 Å². The van der Waals surface area contributed by atoms with Crippen molar-refractivity contribution in [1.82, 2.24) is 0 Å². The molecule has 2 saturated heterocycles. The number of aliphatic hydroxyl groups excluding tert-OH is 2. The number of unbranched alkanes of at least 4 members (excludes halogenated alkanes) is 9. The van der Waals surface area contributed by atoms with Gasteiger partial charge < -0.3 is 24.8 Å². The maximum atomic E-state index is 11.2. The quantitative estimate of drug-likeness (QED) is 0.0636. The zero-order valence-corrected chi connectivity index (χ0v) is 26.4. The van der Waals surface area contributed by atoms with E-state index in [0.717, 1.165) is 44.9 Å². The van der Waals surface area contributed by atoms with Gasteiger partial charge >= 0.3 is 0 Å². The molecule has 0 amide bonds. The van der Waals surface area contributed by atoms with Crippen molar-refractivity contribution in [3.05, 3.63) is 12.2 Å². The molecule has 7 nitrogen and oxygen atoms in total. The molecule has 0 spiro atoms. The number of aliphatic hydroxyl groups is 3. The van der Waals surface area contributed by atoms with Crippen molar-refractivity contribution in [3.63, 3.8) is 0 Å². The van der Waals surface area contributed by atoms with Crippen molar-refractivity contribution in [3.8, 4) is 11.8 Å². The van der Waals surface area contributed by atoms with Crippen LogP contribution in [0.25, 0.3) is 0 Å². The van der Waals surface area contributed by atoms with Crippen LogP contribution >= 0.6 is 0 Å². The average Bonchev–Trinajstić information content (AvgIpc) is 3.33. The van der Waals surface area contributed by atoms with Gasteiger partial charge in [-0.3, -0.25) is 9.47 Å². The average molecular weight is 593 g/mol. The maximum absolute atomic E-state index is 11.2. The van der Waals surface area contributed by atoms with Gasteiger partial charge in [-0.1, -0.05) is 76.4 Å². The van der Waals surface area contributed by atoms with Crippen LogP contribution < -0.4 is 0 Å². The SMILES string of the molecule is CCCCCCCCCCCC=C[C@H]1CC[C@H](O)[C@@H]1CC(O)C#CCCC(O)(OC1CCCCO1)OC1CCCCO1. The summed E-state index contributed by atoms with van der Waals surface area (Å²) in [7, 11) is 0. The Morgan fingerprint density at radius 2 is 1.48 bits per heavy atom. The van der Waals surface area contributed by atoms with Crippen molar-refractivity contribution in [2.24, 2.45) is 11.8 Å². The van der Waals surface area contributed by atoms with E-state index in [1.165, 1.54) is 57.8 Å². The lowest BCUT2D eigenvalue weighted by atomic mass is 9.88. The summed E-state index contributed by atoms with van der Waals surface area (Å²) in [4.78, 5) is 0. The fourth-order valence-corrected chi connectivity index (χ4v) is 6.38. The van der Waals surface area contributed by atoms with E-state index in [1.807, 2.05) is 0 Å². The molecule has 42 heavy (non-hydrogen) atoms. The van der Waals surface area contributed by atoms with Crippen LogP contribution in [0.3, 0.4) is 0 Å². The Morgan fingerprint density at radius 1 is 0.857 bits per heavy atom. The molecule has 3 aliphatic rings. The molecule has 7 heteroatoms. The molecular formula is C35H60O7. The molecule has 2 aliphatic heterocycles. The Hall–Kier alpha value is -0.980. The molecule has 3 unspecified atom stereocenters. The van der Waals surface area contributed by atoms with E-state index in [2.05, 4.69) is 30.9 Å². The molecule has 6 atom stereocenters. The maximum Gasteiger partial charge on any atom is 0.285 e. The summed E-state index contributed by atoms with van der Waals surface area (Å²) >= 11 is 0. The highest BCUT2D eigenvalue weighted by Gasteiger charge is 2.37. The minimum absolute atomic E-state index is 0.0178. The predicted molar refractivity (Wildman–Crippen MR) is 165 cm³/mol. The first-order chi connectivity index (χ1) is 20.5. The standard InChI is InChI=1S/C35H60O7/c1-2-3-4-5-6-7-8-9-10-11-12-19-29-23-24-32(37)31(29)28-30(36)20-13-16-25-35(38,41-33-21-14-17-26-39-33)42-34-22-15-18-27-40-34/h12,19,29-34,36-38H,2-11,14-18,21-28H2,1H3/t29-,30?,31+,32-,33?,34?,35?/m0/s1. The van der Waals surface area contributed by atoms with E-state index in [9.17, 15) is 15.3 Å². The second-order valence-corrected chi connectivity index (χ2v) is 12.6. The molecule has 1 aliphatic carbocycles. The lowest BCUT2D eigenvalue weighted by Gasteiger charge is -2.36. The minimum atomic E-state index is -1.85. The molecule has 0 aromatic carbocycles. The first-order valence-corrected chi connectivity index (χ1v) is 17.3. The zero-order valence-electron chi connectivity index (χ0n) is 26.4. The van der Waals surface area contributed by atoms with Gasteiger partial charge in [0.15, 0.2) is 12.6 Å². The molecule has 242 valence electrons. The summed E-state index contributed by atoms with van der Waals surface area (Å²) in [6.45, 7) is 3.47. The molecule has 3 fully saturated rings. The number of rotatable bonds is 19. The Bertz CT molecular complexity index is 758. The Labute approximate surface area is 255 Å². The highest BCUT2D eigenvalue weighted by molar-refractivity contribution is 5.07. The summed E-state index contributed by atoms with van der Waals surface area (Å²) in [5.74, 6) is 4.39. The van der Waals surface area contributed by atoms with Gasteiger partial charge in [0.2, 0.25) is 0 Å². The molecule has 2 heterocycles. The predicted octanol–water partition coefficient (Wildman–Crippen LogP) is 7.12. The van der Waals surface area contributed by atoms with Gasteiger partial charge in [0.25, 0.3) is 5.97 Å². The second-order valence-electron chi connectivity index (χ2n) is 12.6. The second kappa shape index (κ2) is 20.9. The summed E-state index contributed by atoms with van der Waals surface area (Å²) in [6.07, 6.45) is 23.3. The van der Waals surface area contributed by atoms with Crippen molar-refractivity contribution in [2.75, 3.05) is 13.2 Å². The van der Waals surface area contributed by atoms with Crippen LogP contribution in [0.2, 0.25) is 0 Å². The molecular weight excluding hydrogens is 532 g/mol. The minimum Gasteiger partial charge on any atom is -0.393 e. The summed E-state index contributed by atoms with van der Waals surface area (Å²) in [5, 5.41) is 32.5. The van der Waals surface area contributed by atoms with Gasteiger partial charge in [-0.25, -0.2) is 0 Å². The summed E-state index contributed by atoms with van der Waals surface area (Å²) in [6, 6.07) is 0. The van der Waals surface area contributed by atoms with Crippen molar-refractivity contribution in [2.45, 2.75) is 173 Å². The smallest absolute Gasteiger partial charge is 0.285 e. The molecule has 0 aromatic rings. The van der Waals surface area contributed by atoms with Crippen molar-refractivity contribution < 1.29 is 34.3 Å². The van der Waals surface area contributed by atoms with Crippen LogP contribution in [0.15, 0.2) is 12.2 Å². The first-order valence-electron chi connectivity index (χ1n) is 17.3. The Balaban J connectivity index is 1.38. The molecule has 1 saturated carbocycles. The van der Waals surface area contributed by atoms with E-state index in [0.29, 0.717) is 38.9 Å². The van der Waals surface area contributed by atoms with Crippen LogP contribution in [0.1, 0.15) is 142 Å². The normalized spacial score (nSPS) is 28.8. The van der Waals surface area contributed by atoms with Gasteiger partial charge in [0.05, 0.1) is 6.10 Å². The van der Waals surface area contributed by atoms with E-state index < -0.39 is 30.8 Å². The monoisotopic (exact) mass is 592 g/mol. The third-order valence-electron chi connectivity index (χ3n) is 8.93. The first kappa shape index (κ1) is 35.5. The molecule has 3 N–H and O–H groups in total. The number of ether oxygens (including phenoxy) is 4. The van der Waals surface area contributed by atoms with Crippen molar-refractivity contribution >= 4 is 0 Å². The van der Waals surface area contributed by atoms with E-state index >= 15 is 0 Å². The fourth-order valence-electron chi connectivity index (χ4n) is 6.38. The van der Waals surface area contributed by atoms with Gasteiger partial charge in [0.1, 0.15) is 6.10 Å². The third kappa shape index (κ3) is 14.2. The Kier molecular flexibility index (Phi) is 17.6. The fraction of sp³-hybridized carbons (Fsp3) is 0.886. The van der Waals surface area contributed by atoms with E-state index in [-0.39, 0.29) is 18.3 Å². The van der Waals surface area contributed by atoms with Crippen LogP contribution in [0, 0.1) is 23.7 Å².